The Morgan fingerprint density at radius 2 is 1.94 bits per heavy atom. The van der Waals surface area contributed by atoms with E-state index in [2.05, 4.69) is 10.1 Å². The van der Waals surface area contributed by atoms with Crippen LogP contribution in [-0.4, -0.2) is 38.2 Å². The highest BCUT2D eigenvalue weighted by atomic mass is 16.5. The lowest BCUT2D eigenvalue weighted by molar-refractivity contribution is -0.147. The highest BCUT2D eigenvalue weighted by Crippen LogP contribution is 2.06. The molecule has 0 spiro atoms. The Morgan fingerprint density at radius 3 is 2.41 bits per heavy atom. The van der Waals surface area contributed by atoms with E-state index in [-0.39, 0.29) is 24.4 Å². The predicted molar refractivity (Wildman–Crippen MR) is 64.5 cm³/mol. The molecule has 0 rings (SSSR count). The minimum atomic E-state index is -0.348. The van der Waals surface area contributed by atoms with E-state index in [0.29, 0.717) is 25.5 Å². The summed E-state index contributed by atoms with van der Waals surface area (Å²) in [5.41, 5.74) is 0. The first-order valence-corrected chi connectivity index (χ1v) is 5.98. The first-order chi connectivity index (χ1) is 8.01. The molecule has 1 N–H and O–H groups in total. The molecule has 1 unspecified atom stereocenters. The number of carbonyl (C=O) groups excluding carboxylic acids is 2. The van der Waals surface area contributed by atoms with E-state index in [1.165, 1.54) is 7.11 Å². The van der Waals surface area contributed by atoms with E-state index >= 15 is 0 Å². The molecule has 0 fully saturated rings. The summed E-state index contributed by atoms with van der Waals surface area (Å²) in [6, 6.07) is -0.348. The number of nitrogens with one attached hydrogen (secondary N) is 1. The molecular formula is C12H23NO4. The summed E-state index contributed by atoms with van der Waals surface area (Å²) in [7, 11) is 1.35. The Labute approximate surface area is 103 Å². The number of methoxy groups -OCH3 is 1. The van der Waals surface area contributed by atoms with Crippen molar-refractivity contribution < 1.29 is 19.1 Å². The summed E-state index contributed by atoms with van der Waals surface area (Å²) in [4.78, 5) is 22.6. The van der Waals surface area contributed by atoms with E-state index in [4.69, 9.17) is 4.74 Å². The summed E-state index contributed by atoms with van der Waals surface area (Å²) >= 11 is 0. The molecule has 0 aromatic rings. The first-order valence-electron chi connectivity index (χ1n) is 5.98. The van der Waals surface area contributed by atoms with Crippen LogP contribution in [0.15, 0.2) is 0 Å². The van der Waals surface area contributed by atoms with Gasteiger partial charge in [-0.25, -0.2) is 0 Å². The molecular weight excluding hydrogens is 222 g/mol. The van der Waals surface area contributed by atoms with Crippen LogP contribution in [0.25, 0.3) is 0 Å². The zero-order chi connectivity index (χ0) is 13.3. The third kappa shape index (κ3) is 7.74. The van der Waals surface area contributed by atoms with Gasteiger partial charge in [0.15, 0.2) is 0 Å². The number of esters is 2. The Morgan fingerprint density at radius 1 is 1.29 bits per heavy atom. The standard InChI is InChI=1S/C12H23NO4/c1-5-17-12(15)10(8-9(2)3)13-7-6-11(14)16-4/h9-10,13H,5-8H2,1-4H3. The van der Waals surface area contributed by atoms with Gasteiger partial charge in [0, 0.05) is 6.54 Å². The summed E-state index contributed by atoms with van der Waals surface area (Å²) < 4.78 is 9.50. The average Bonchev–Trinajstić information content (AvgIpc) is 2.27. The van der Waals surface area contributed by atoms with Crippen molar-refractivity contribution in [3.63, 3.8) is 0 Å². The third-order valence-electron chi connectivity index (χ3n) is 2.23. The van der Waals surface area contributed by atoms with E-state index in [0.717, 1.165) is 0 Å². The minimum Gasteiger partial charge on any atom is -0.469 e. The van der Waals surface area contributed by atoms with Crippen molar-refractivity contribution in [3.8, 4) is 0 Å². The molecule has 0 aromatic carbocycles. The number of hydrogen-bond acceptors (Lipinski definition) is 5. The van der Waals surface area contributed by atoms with Crippen LogP contribution in [0.4, 0.5) is 0 Å². The second-order valence-corrected chi connectivity index (χ2v) is 4.21. The van der Waals surface area contributed by atoms with Crippen LogP contribution in [0.1, 0.15) is 33.6 Å². The monoisotopic (exact) mass is 245 g/mol. The van der Waals surface area contributed by atoms with Gasteiger partial charge >= 0.3 is 11.9 Å². The van der Waals surface area contributed by atoms with Gasteiger partial charge in [-0.05, 0) is 19.3 Å². The molecule has 5 nitrogen and oxygen atoms in total. The number of hydrogen-bond donors (Lipinski definition) is 1. The average molecular weight is 245 g/mol. The Kier molecular flexibility index (Phi) is 8.40. The van der Waals surface area contributed by atoms with E-state index < -0.39 is 0 Å². The molecule has 0 saturated heterocycles. The second-order valence-electron chi connectivity index (χ2n) is 4.21. The van der Waals surface area contributed by atoms with Gasteiger partial charge in [0.25, 0.3) is 0 Å². The van der Waals surface area contributed by atoms with Crippen molar-refractivity contribution in [2.75, 3.05) is 20.3 Å². The molecule has 100 valence electrons. The zero-order valence-corrected chi connectivity index (χ0v) is 11.1. The van der Waals surface area contributed by atoms with Crippen LogP contribution in [-0.2, 0) is 19.1 Å². The summed E-state index contributed by atoms with van der Waals surface area (Å²) in [5, 5.41) is 3.03. The number of ether oxygens (including phenoxy) is 2. The van der Waals surface area contributed by atoms with Crippen LogP contribution in [0.3, 0.4) is 0 Å². The fourth-order valence-electron chi connectivity index (χ4n) is 1.43. The largest absolute Gasteiger partial charge is 0.469 e. The van der Waals surface area contributed by atoms with Crippen molar-refractivity contribution in [2.24, 2.45) is 5.92 Å². The lowest BCUT2D eigenvalue weighted by Gasteiger charge is -2.18. The van der Waals surface area contributed by atoms with E-state index in [9.17, 15) is 9.59 Å². The van der Waals surface area contributed by atoms with E-state index in [1.54, 1.807) is 6.92 Å². The summed E-state index contributed by atoms with van der Waals surface area (Å²) in [5.74, 6) is -0.161. The number of carbonyl (C=O) groups is 2. The highest BCUT2D eigenvalue weighted by molar-refractivity contribution is 5.76. The minimum absolute atomic E-state index is 0.254. The zero-order valence-electron chi connectivity index (χ0n) is 11.1. The van der Waals surface area contributed by atoms with Gasteiger partial charge in [0.2, 0.25) is 0 Å². The van der Waals surface area contributed by atoms with Gasteiger partial charge in [-0.1, -0.05) is 13.8 Å². The lowest BCUT2D eigenvalue weighted by Crippen LogP contribution is -2.40. The normalized spacial score (nSPS) is 12.3. The SMILES string of the molecule is CCOC(=O)C(CC(C)C)NCCC(=O)OC. The fourth-order valence-corrected chi connectivity index (χ4v) is 1.43. The summed E-state index contributed by atoms with van der Waals surface area (Å²) in [6.07, 6.45) is 0.949. The predicted octanol–water partition coefficient (Wildman–Crippen LogP) is 1.12. The molecule has 0 bridgehead atoms. The van der Waals surface area contributed by atoms with Gasteiger partial charge in [-0.2, -0.15) is 0 Å². The third-order valence-corrected chi connectivity index (χ3v) is 2.23. The van der Waals surface area contributed by atoms with E-state index in [1.807, 2.05) is 13.8 Å². The Hall–Kier alpha value is -1.10. The molecule has 0 aliphatic carbocycles. The van der Waals surface area contributed by atoms with Crippen LogP contribution in [0, 0.1) is 5.92 Å². The van der Waals surface area contributed by atoms with Crippen molar-refractivity contribution in [3.05, 3.63) is 0 Å². The molecule has 5 heteroatoms. The second kappa shape index (κ2) is 8.98. The van der Waals surface area contributed by atoms with Gasteiger partial charge < -0.3 is 14.8 Å². The first kappa shape index (κ1) is 15.9. The molecule has 1 atom stereocenters. The highest BCUT2D eigenvalue weighted by Gasteiger charge is 2.20. The van der Waals surface area contributed by atoms with Gasteiger partial charge in [-0.15, -0.1) is 0 Å². The molecule has 17 heavy (non-hydrogen) atoms. The lowest BCUT2D eigenvalue weighted by atomic mass is 10.0. The molecule has 0 aliphatic heterocycles. The van der Waals surface area contributed by atoms with Crippen molar-refractivity contribution in [1.82, 2.24) is 5.32 Å². The van der Waals surface area contributed by atoms with Gasteiger partial charge in [-0.3, -0.25) is 9.59 Å². The number of rotatable bonds is 8. The van der Waals surface area contributed by atoms with Crippen LogP contribution < -0.4 is 5.32 Å². The molecule has 0 saturated carbocycles. The molecule has 0 amide bonds. The van der Waals surface area contributed by atoms with Crippen LogP contribution in [0.5, 0.6) is 0 Å². The van der Waals surface area contributed by atoms with Crippen LogP contribution in [0.2, 0.25) is 0 Å². The summed E-state index contributed by atoms with van der Waals surface area (Å²) in [6.45, 7) is 6.64. The molecule has 0 aliphatic rings. The maximum absolute atomic E-state index is 11.6. The Balaban J connectivity index is 4.10. The van der Waals surface area contributed by atoms with Crippen molar-refractivity contribution in [1.29, 1.82) is 0 Å². The fraction of sp³-hybridized carbons (Fsp3) is 0.833. The topological polar surface area (TPSA) is 64.6 Å². The Bertz CT molecular complexity index is 241. The quantitative estimate of drug-likeness (QED) is 0.649. The van der Waals surface area contributed by atoms with Crippen LogP contribution >= 0.6 is 0 Å². The van der Waals surface area contributed by atoms with Crippen molar-refractivity contribution in [2.45, 2.75) is 39.7 Å². The molecule has 0 radical (unpaired) electrons. The smallest absolute Gasteiger partial charge is 0.323 e. The maximum atomic E-state index is 11.6. The van der Waals surface area contributed by atoms with Crippen molar-refractivity contribution >= 4 is 11.9 Å². The maximum Gasteiger partial charge on any atom is 0.323 e. The van der Waals surface area contributed by atoms with Gasteiger partial charge in [0.1, 0.15) is 6.04 Å². The molecule has 0 heterocycles. The van der Waals surface area contributed by atoms with Gasteiger partial charge in [0.05, 0.1) is 20.1 Å². The molecule has 0 aromatic heterocycles.